The predicted octanol–water partition coefficient (Wildman–Crippen LogP) is 2.89. The molecule has 0 atom stereocenters. The van der Waals surface area contributed by atoms with Gasteiger partial charge >= 0.3 is 6.03 Å². The molecule has 0 radical (unpaired) electrons. The maximum Gasteiger partial charge on any atom is 0.323 e. The fraction of sp³-hybridized carbons (Fsp3) is 0.133. The molecule has 0 saturated carbocycles. The van der Waals surface area contributed by atoms with Crippen molar-refractivity contribution in [2.75, 3.05) is 15.4 Å². The van der Waals surface area contributed by atoms with E-state index in [0.717, 1.165) is 16.8 Å². The van der Waals surface area contributed by atoms with E-state index < -0.39 is 10.9 Å². The Kier molecular flexibility index (Phi) is 5.00. The van der Waals surface area contributed by atoms with E-state index in [9.17, 15) is 13.2 Å². The summed E-state index contributed by atoms with van der Waals surface area (Å²) in [6.45, 7) is 3.92. The zero-order valence-electron chi connectivity index (χ0n) is 12.2. The van der Waals surface area contributed by atoms with Gasteiger partial charge in [0.25, 0.3) is 0 Å². The molecule has 2 rings (SSSR count). The van der Waals surface area contributed by atoms with Crippen LogP contribution in [-0.2, 0) is 10.9 Å². The summed E-state index contributed by atoms with van der Waals surface area (Å²) in [4.78, 5) is 11.9. The second-order valence-electron chi connectivity index (χ2n) is 4.90. The number of urea groups is 1. The molecule has 116 valence electrons. The molecule has 0 fully saturated rings. The lowest BCUT2D eigenvalue weighted by Crippen LogP contribution is -2.19. The van der Waals surface area contributed by atoms with Crippen LogP contribution in [0.15, 0.2) is 42.5 Å². The number of carbonyl (C=O) groups excluding carboxylic acids is 1. The Bertz CT molecular complexity index is 727. The highest BCUT2D eigenvalue weighted by molar-refractivity contribution is 7.73. The molecule has 0 spiro atoms. The molecule has 0 aliphatic heterocycles. The Hall–Kier alpha value is -2.54. The summed E-state index contributed by atoms with van der Waals surface area (Å²) >= 11 is 0. The number of carbonyl (C=O) groups is 1. The lowest BCUT2D eigenvalue weighted by molar-refractivity contribution is 0.262. The molecule has 2 amide bonds. The van der Waals surface area contributed by atoms with Crippen molar-refractivity contribution in [3.05, 3.63) is 53.6 Å². The third-order valence-corrected chi connectivity index (χ3v) is 3.28. The molecule has 2 aromatic rings. The van der Waals surface area contributed by atoms with Crippen molar-refractivity contribution in [3.63, 3.8) is 0 Å². The van der Waals surface area contributed by atoms with Crippen molar-refractivity contribution in [3.8, 4) is 0 Å². The lowest BCUT2D eigenvalue weighted by Gasteiger charge is -2.09. The zero-order valence-corrected chi connectivity index (χ0v) is 13.1. The molecule has 6 nitrogen and oxygen atoms in total. The number of nitrogens with one attached hydrogen (secondary N) is 3. The van der Waals surface area contributed by atoms with Crippen LogP contribution < -0.4 is 15.4 Å². The summed E-state index contributed by atoms with van der Waals surface area (Å²) in [5, 5.41) is 5.44. The van der Waals surface area contributed by atoms with E-state index in [2.05, 4.69) is 15.4 Å². The van der Waals surface area contributed by atoms with Gasteiger partial charge in [-0.2, -0.15) is 0 Å². The second kappa shape index (κ2) is 6.95. The molecule has 22 heavy (non-hydrogen) atoms. The molecule has 0 aliphatic carbocycles. The number of anilines is 3. The highest BCUT2D eigenvalue weighted by atomic mass is 32.2. The summed E-state index contributed by atoms with van der Waals surface area (Å²) in [7, 11) is -2.69. The number of hydrogen-bond acceptors (Lipinski definition) is 3. The van der Waals surface area contributed by atoms with Gasteiger partial charge in [0.2, 0.25) is 10.9 Å². The molecule has 7 heteroatoms. The average molecular weight is 319 g/mol. The molecule has 0 saturated heterocycles. The lowest BCUT2D eigenvalue weighted by atomic mass is 10.1. The number of aryl methyl sites for hydroxylation is 2. The fourth-order valence-electron chi connectivity index (χ4n) is 2.07. The minimum absolute atomic E-state index is 0.361. The minimum Gasteiger partial charge on any atom is -0.308 e. The fourth-order valence-corrected chi connectivity index (χ4v) is 2.43. The first-order chi connectivity index (χ1) is 10.4. The summed E-state index contributed by atoms with van der Waals surface area (Å²) in [6, 6.07) is 11.8. The molecule has 0 aliphatic rings. The van der Waals surface area contributed by atoms with Gasteiger partial charge in [0, 0.05) is 17.1 Å². The van der Waals surface area contributed by atoms with Crippen LogP contribution in [0.2, 0.25) is 0 Å². The smallest absolute Gasteiger partial charge is 0.308 e. The molecule has 0 aromatic heterocycles. The van der Waals surface area contributed by atoms with E-state index in [1.54, 1.807) is 24.3 Å². The van der Waals surface area contributed by atoms with Crippen molar-refractivity contribution in [2.45, 2.75) is 13.8 Å². The Labute approximate surface area is 130 Å². The quantitative estimate of drug-likeness (QED) is 0.654. The zero-order chi connectivity index (χ0) is 16.1. The SMILES string of the molecule is Cc1cc(C)cc(NC(=O)Nc2ccc(N[SH](=O)=O)cc2)c1. The summed E-state index contributed by atoms with van der Waals surface area (Å²) in [5.41, 5.74) is 3.86. The van der Waals surface area contributed by atoms with Crippen LogP contribution in [0.3, 0.4) is 0 Å². The van der Waals surface area contributed by atoms with Crippen LogP contribution in [0.25, 0.3) is 0 Å². The maximum atomic E-state index is 11.9. The molecule has 3 N–H and O–H groups in total. The summed E-state index contributed by atoms with van der Waals surface area (Å²) in [6.07, 6.45) is 0. The first kappa shape index (κ1) is 15.8. The number of amides is 2. The molecule has 0 heterocycles. The van der Waals surface area contributed by atoms with Crippen molar-refractivity contribution < 1.29 is 13.2 Å². The number of rotatable bonds is 4. The third-order valence-electron chi connectivity index (χ3n) is 2.84. The largest absolute Gasteiger partial charge is 0.323 e. The minimum atomic E-state index is -2.69. The van der Waals surface area contributed by atoms with Crippen LogP contribution >= 0.6 is 0 Å². The Balaban J connectivity index is 1.99. The van der Waals surface area contributed by atoms with Crippen LogP contribution in [0, 0.1) is 13.8 Å². The first-order valence-electron chi connectivity index (χ1n) is 6.60. The van der Waals surface area contributed by atoms with Crippen LogP contribution in [0.5, 0.6) is 0 Å². The summed E-state index contributed by atoms with van der Waals surface area (Å²) in [5.74, 6) is 0. The standard InChI is InChI=1S/C15H17N3O3S/c1-10-7-11(2)9-14(8-10)17-15(19)16-12-3-5-13(6-4-12)18-22(20)21/h3-9,22H,1-2H3,(H2,16,17,19)(H,18,20,21). The van der Waals surface area contributed by atoms with Crippen molar-refractivity contribution in [1.82, 2.24) is 0 Å². The van der Waals surface area contributed by atoms with Gasteiger partial charge in [-0.1, -0.05) is 6.07 Å². The molecule has 2 aromatic carbocycles. The Morgan fingerprint density at radius 1 is 0.818 bits per heavy atom. The van der Waals surface area contributed by atoms with Crippen LogP contribution in [0.4, 0.5) is 21.9 Å². The number of hydrogen-bond donors (Lipinski definition) is 4. The van der Waals surface area contributed by atoms with Gasteiger partial charge < -0.3 is 10.6 Å². The van der Waals surface area contributed by atoms with Crippen molar-refractivity contribution in [2.24, 2.45) is 0 Å². The normalized spacial score (nSPS) is 10.3. The van der Waals surface area contributed by atoms with Gasteiger partial charge in [0.05, 0.1) is 0 Å². The van der Waals surface area contributed by atoms with Gasteiger partial charge in [-0.15, -0.1) is 0 Å². The predicted molar refractivity (Wildman–Crippen MR) is 88.9 cm³/mol. The van der Waals surface area contributed by atoms with E-state index in [0.29, 0.717) is 11.4 Å². The Morgan fingerprint density at radius 2 is 1.32 bits per heavy atom. The Morgan fingerprint density at radius 3 is 1.86 bits per heavy atom. The molecular formula is C15H17N3O3S. The molecule has 0 unspecified atom stereocenters. The monoisotopic (exact) mass is 319 g/mol. The van der Waals surface area contributed by atoms with E-state index in [4.69, 9.17) is 0 Å². The number of benzene rings is 2. The first-order valence-corrected chi connectivity index (χ1v) is 7.77. The second-order valence-corrected chi connectivity index (χ2v) is 5.64. The highest BCUT2D eigenvalue weighted by Crippen LogP contribution is 2.16. The van der Waals surface area contributed by atoms with Gasteiger partial charge in [0.15, 0.2) is 0 Å². The van der Waals surface area contributed by atoms with Crippen molar-refractivity contribution in [1.29, 1.82) is 0 Å². The van der Waals surface area contributed by atoms with E-state index in [1.807, 2.05) is 32.0 Å². The highest BCUT2D eigenvalue weighted by Gasteiger charge is 2.04. The molecular weight excluding hydrogens is 302 g/mol. The van der Waals surface area contributed by atoms with Gasteiger partial charge in [0.1, 0.15) is 0 Å². The topological polar surface area (TPSA) is 87.3 Å². The van der Waals surface area contributed by atoms with E-state index in [-0.39, 0.29) is 6.03 Å². The van der Waals surface area contributed by atoms with Crippen LogP contribution in [0.1, 0.15) is 11.1 Å². The van der Waals surface area contributed by atoms with Crippen LogP contribution in [-0.4, -0.2) is 14.4 Å². The van der Waals surface area contributed by atoms with E-state index >= 15 is 0 Å². The summed E-state index contributed by atoms with van der Waals surface area (Å²) < 4.78 is 23.3. The van der Waals surface area contributed by atoms with E-state index in [1.165, 1.54) is 0 Å². The third kappa shape index (κ3) is 4.78. The van der Waals surface area contributed by atoms with Gasteiger partial charge in [-0.25, -0.2) is 13.2 Å². The average Bonchev–Trinajstić information content (AvgIpc) is 2.39. The van der Waals surface area contributed by atoms with Crippen molar-refractivity contribution >= 4 is 34.0 Å². The number of thiol groups is 1. The maximum absolute atomic E-state index is 11.9. The molecule has 0 bridgehead atoms. The van der Waals surface area contributed by atoms with Gasteiger partial charge in [-0.05, 0) is 61.4 Å². The van der Waals surface area contributed by atoms with Gasteiger partial charge in [-0.3, -0.25) is 4.72 Å².